The summed E-state index contributed by atoms with van der Waals surface area (Å²) in [4.78, 5) is 14.6. The monoisotopic (exact) mass is 323 g/mol. The first-order valence-electron chi connectivity index (χ1n) is 7.95. The predicted molar refractivity (Wildman–Crippen MR) is 85.0 cm³/mol. The van der Waals surface area contributed by atoms with Crippen LogP contribution in [0.1, 0.15) is 18.4 Å². The van der Waals surface area contributed by atoms with E-state index < -0.39 is 0 Å². The van der Waals surface area contributed by atoms with Gasteiger partial charge in [-0.3, -0.25) is 4.79 Å². The number of morpholine rings is 1. The molecule has 0 aliphatic carbocycles. The summed E-state index contributed by atoms with van der Waals surface area (Å²) >= 11 is 6.03. The molecule has 3 rings (SSSR count). The molecule has 2 fully saturated rings. The van der Waals surface area contributed by atoms with E-state index in [1.165, 1.54) is 0 Å². The first-order valence-corrected chi connectivity index (χ1v) is 8.33. The van der Waals surface area contributed by atoms with E-state index in [1.807, 2.05) is 23.1 Å². The van der Waals surface area contributed by atoms with Crippen LogP contribution in [0.3, 0.4) is 0 Å². The average Bonchev–Trinajstić information content (AvgIpc) is 2.55. The van der Waals surface area contributed by atoms with E-state index in [4.69, 9.17) is 21.1 Å². The highest BCUT2D eigenvalue weighted by Crippen LogP contribution is 2.21. The van der Waals surface area contributed by atoms with Crippen molar-refractivity contribution in [3.63, 3.8) is 0 Å². The van der Waals surface area contributed by atoms with Gasteiger partial charge in [-0.15, -0.1) is 0 Å². The van der Waals surface area contributed by atoms with Gasteiger partial charge < -0.3 is 14.4 Å². The van der Waals surface area contributed by atoms with Gasteiger partial charge in [0, 0.05) is 43.7 Å². The SMILES string of the molecule is O=C(C1CCOCC1)N1CCO[C@@H](Cc2cccc(Cl)c2)C1. The van der Waals surface area contributed by atoms with E-state index >= 15 is 0 Å². The molecule has 2 heterocycles. The van der Waals surface area contributed by atoms with Gasteiger partial charge in [0.25, 0.3) is 0 Å². The molecule has 2 saturated heterocycles. The molecular formula is C17H22ClNO3. The number of carbonyl (C=O) groups is 1. The highest BCUT2D eigenvalue weighted by Gasteiger charge is 2.30. The molecule has 0 spiro atoms. The summed E-state index contributed by atoms with van der Waals surface area (Å²) in [6.45, 7) is 3.38. The number of benzene rings is 1. The van der Waals surface area contributed by atoms with Gasteiger partial charge in [-0.1, -0.05) is 23.7 Å². The van der Waals surface area contributed by atoms with Crippen LogP contribution in [0.15, 0.2) is 24.3 Å². The first kappa shape index (κ1) is 15.8. The molecule has 1 atom stereocenters. The van der Waals surface area contributed by atoms with Crippen LogP contribution >= 0.6 is 11.6 Å². The highest BCUT2D eigenvalue weighted by molar-refractivity contribution is 6.30. The molecule has 0 N–H and O–H groups in total. The summed E-state index contributed by atoms with van der Waals surface area (Å²) in [6.07, 6.45) is 2.53. The zero-order valence-corrected chi connectivity index (χ0v) is 13.4. The second-order valence-electron chi connectivity index (χ2n) is 6.00. The number of rotatable bonds is 3. The fraction of sp³-hybridized carbons (Fsp3) is 0.588. The van der Waals surface area contributed by atoms with Gasteiger partial charge >= 0.3 is 0 Å². The summed E-state index contributed by atoms with van der Waals surface area (Å²) in [5.74, 6) is 0.390. The number of halogens is 1. The number of hydrogen-bond acceptors (Lipinski definition) is 3. The van der Waals surface area contributed by atoms with E-state index in [0.717, 1.165) is 29.8 Å². The number of ether oxygens (including phenoxy) is 2. The van der Waals surface area contributed by atoms with Crippen molar-refractivity contribution in [1.29, 1.82) is 0 Å². The van der Waals surface area contributed by atoms with Crippen LogP contribution in [0, 0.1) is 5.92 Å². The van der Waals surface area contributed by atoms with Gasteiger partial charge in [0.2, 0.25) is 5.91 Å². The van der Waals surface area contributed by atoms with Crippen molar-refractivity contribution in [3.05, 3.63) is 34.9 Å². The zero-order chi connectivity index (χ0) is 15.4. The average molecular weight is 324 g/mol. The van der Waals surface area contributed by atoms with Crippen molar-refractivity contribution < 1.29 is 14.3 Å². The maximum Gasteiger partial charge on any atom is 0.226 e. The maximum absolute atomic E-state index is 12.6. The van der Waals surface area contributed by atoms with Gasteiger partial charge in [-0.25, -0.2) is 0 Å². The van der Waals surface area contributed by atoms with Crippen molar-refractivity contribution in [2.75, 3.05) is 32.9 Å². The standard InChI is InChI=1S/C17H22ClNO3/c18-15-3-1-2-13(10-15)11-16-12-19(6-9-22-16)17(20)14-4-7-21-8-5-14/h1-3,10,14,16H,4-9,11-12H2/t16-/m0/s1. The Morgan fingerprint density at radius 1 is 1.27 bits per heavy atom. The molecule has 0 saturated carbocycles. The third-order valence-electron chi connectivity index (χ3n) is 4.37. The minimum absolute atomic E-state index is 0.0519. The molecule has 1 amide bonds. The minimum atomic E-state index is 0.0519. The van der Waals surface area contributed by atoms with Crippen molar-refractivity contribution in [1.82, 2.24) is 4.90 Å². The molecule has 0 bridgehead atoms. The maximum atomic E-state index is 12.6. The normalized spacial score (nSPS) is 23.5. The second kappa shape index (κ2) is 7.44. The minimum Gasteiger partial charge on any atom is -0.381 e. The van der Waals surface area contributed by atoms with Crippen molar-refractivity contribution in [2.45, 2.75) is 25.4 Å². The topological polar surface area (TPSA) is 38.8 Å². The molecule has 22 heavy (non-hydrogen) atoms. The van der Waals surface area contributed by atoms with E-state index in [1.54, 1.807) is 0 Å². The Bertz CT molecular complexity index is 516. The van der Waals surface area contributed by atoms with Gasteiger partial charge in [0.15, 0.2) is 0 Å². The molecule has 2 aliphatic heterocycles. The quantitative estimate of drug-likeness (QED) is 0.858. The lowest BCUT2D eigenvalue weighted by atomic mass is 9.97. The van der Waals surface area contributed by atoms with Gasteiger partial charge in [-0.05, 0) is 30.5 Å². The molecule has 1 aromatic rings. The molecule has 120 valence electrons. The zero-order valence-electron chi connectivity index (χ0n) is 12.7. The Balaban J connectivity index is 1.57. The van der Waals surface area contributed by atoms with Crippen LogP contribution in [0.5, 0.6) is 0 Å². The number of hydrogen-bond donors (Lipinski definition) is 0. The first-order chi connectivity index (χ1) is 10.7. The van der Waals surface area contributed by atoms with Gasteiger partial charge in [-0.2, -0.15) is 0 Å². The molecule has 1 aromatic carbocycles. The number of carbonyl (C=O) groups excluding carboxylic acids is 1. The summed E-state index contributed by atoms with van der Waals surface area (Å²) < 4.78 is 11.2. The molecule has 5 heteroatoms. The summed E-state index contributed by atoms with van der Waals surface area (Å²) in [6, 6.07) is 7.83. The van der Waals surface area contributed by atoms with Crippen molar-refractivity contribution >= 4 is 17.5 Å². The predicted octanol–water partition coefficient (Wildman–Crippen LogP) is 2.54. The molecular weight excluding hydrogens is 302 g/mol. The van der Waals surface area contributed by atoms with Crippen LogP contribution in [0.4, 0.5) is 0 Å². The fourth-order valence-corrected chi connectivity index (χ4v) is 3.39. The summed E-state index contributed by atoms with van der Waals surface area (Å²) in [5, 5.41) is 0.739. The lowest BCUT2D eigenvalue weighted by Gasteiger charge is -2.36. The summed E-state index contributed by atoms with van der Waals surface area (Å²) in [7, 11) is 0. The van der Waals surface area contributed by atoms with E-state index in [-0.39, 0.29) is 17.9 Å². The smallest absolute Gasteiger partial charge is 0.226 e. The van der Waals surface area contributed by atoms with Crippen molar-refractivity contribution in [2.24, 2.45) is 5.92 Å². The van der Waals surface area contributed by atoms with E-state index in [9.17, 15) is 4.79 Å². The van der Waals surface area contributed by atoms with E-state index in [0.29, 0.717) is 32.9 Å². The lowest BCUT2D eigenvalue weighted by Crippen LogP contribution is -2.49. The Morgan fingerprint density at radius 2 is 2.09 bits per heavy atom. The van der Waals surface area contributed by atoms with Gasteiger partial charge in [0.05, 0.1) is 12.7 Å². The van der Waals surface area contributed by atoms with Gasteiger partial charge in [0.1, 0.15) is 0 Å². The van der Waals surface area contributed by atoms with Crippen LogP contribution in [0.25, 0.3) is 0 Å². The Hall–Kier alpha value is -1.10. The number of amides is 1. The Labute approximate surface area is 136 Å². The molecule has 2 aliphatic rings. The Kier molecular flexibility index (Phi) is 5.34. The molecule has 4 nitrogen and oxygen atoms in total. The Morgan fingerprint density at radius 3 is 2.86 bits per heavy atom. The number of nitrogens with zero attached hydrogens (tertiary/aromatic N) is 1. The van der Waals surface area contributed by atoms with Crippen LogP contribution < -0.4 is 0 Å². The molecule has 0 radical (unpaired) electrons. The molecule has 0 aromatic heterocycles. The third-order valence-corrected chi connectivity index (χ3v) is 4.61. The second-order valence-corrected chi connectivity index (χ2v) is 6.43. The third kappa shape index (κ3) is 4.00. The fourth-order valence-electron chi connectivity index (χ4n) is 3.17. The van der Waals surface area contributed by atoms with Crippen LogP contribution in [0.2, 0.25) is 5.02 Å². The lowest BCUT2D eigenvalue weighted by molar-refractivity contribution is -0.146. The summed E-state index contributed by atoms with van der Waals surface area (Å²) in [5.41, 5.74) is 1.15. The van der Waals surface area contributed by atoms with E-state index in [2.05, 4.69) is 6.07 Å². The highest BCUT2D eigenvalue weighted by atomic mass is 35.5. The van der Waals surface area contributed by atoms with Crippen molar-refractivity contribution in [3.8, 4) is 0 Å². The molecule has 0 unspecified atom stereocenters. The largest absolute Gasteiger partial charge is 0.381 e. The van der Waals surface area contributed by atoms with Crippen LogP contribution in [-0.4, -0.2) is 49.8 Å². The van der Waals surface area contributed by atoms with Crippen LogP contribution in [-0.2, 0) is 20.7 Å².